The first-order valence-corrected chi connectivity index (χ1v) is 9.55. The van der Waals surface area contributed by atoms with E-state index in [4.69, 9.17) is 4.74 Å². The van der Waals surface area contributed by atoms with Crippen molar-refractivity contribution < 1.29 is 4.74 Å². The predicted molar refractivity (Wildman–Crippen MR) is 107 cm³/mol. The van der Waals surface area contributed by atoms with Gasteiger partial charge < -0.3 is 9.64 Å². The van der Waals surface area contributed by atoms with Crippen LogP contribution in [0.4, 0.5) is 0 Å². The monoisotopic (exact) mass is 359 g/mol. The van der Waals surface area contributed by atoms with Crippen LogP contribution in [0, 0.1) is 0 Å². The van der Waals surface area contributed by atoms with E-state index < -0.39 is 0 Å². The molecule has 0 bridgehead atoms. The van der Waals surface area contributed by atoms with E-state index in [9.17, 15) is 0 Å². The number of fused-ring (bicyclic) bond motifs is 1. The van der Waals surface area contributed by atoms with Crippen molar-refractivity contribution in [3.05, 3.63) is 88.6 Å². The zero-order chi connectivity index (χ0) is 18.5. The summed E-state index contributed by atoms with van der Waals surface area (Å²) in [6, 6.07) is 20.9. The van der Waals surface area contributed by atoms with Gasteiger partial charge in [-0.15, -0.1) is 5.10 Å². The minimum atomic E-state index is 0.513. The molecule has 4 rings (SSSR count). The lowest BCUT2D eigenvalue weighted by molar-refractivity contribution is 0.290. The standard InChI is InChI=1S/C23H25N3O/c1-26-14-13-20-15-18(7-9-21(20)16-26)8-10-22-11-12-23(25-24-22)27-17-19-5-3-2-4-6-19/h2-7,9,11-12,15H,8,10,13-14,16-17H2,1H3. The van der Waals surface area contributed by atoms with Crippen LogP contribution in [0.2, 0.25) is 0 Å². The fraction of sp³-hybridized carbons (Fsp3) is 0.304. The summed E-state index contributed by atoms with van der Waals surface area (Å²) in [4.78, 5) is 2.37. The van der Waals surface area contributed by atoms with Crippen LogP contribution in [0.5, 0.6) is 5.88 Å². The second-order valence-corrected chi connectivity index (χ2v) is 7.23. The van der Waals surface area contributed by atoms with Crippen LogP contribution in [-0.4, -0.2) is 28.7 Å². The van der Waals surface area contributed by atoms with Crippen molar-refractivity contribution in [2.75, 3.05) is 13.6 Å². The van der Waals surface area contributed by atoms with E-state index in [1.165, 1.54) is 16.7 Å². The van der Waals surface area contributed by atoms with Gasteiger partial charge in [0.05, 0.1) is 5.69 Å². The van der Waals surface area contributed by atoms with E-state index in [0.717, 1.165) is 43.6 Å². The number of likely N-dealkylation sites (N-methyl/N-ethyl adjacent to an activating group) is 1. The molecular formula is C23H25N3O. The highest BCUT2D eigenvalue weighted by atomic mass is 16.5. The largest absolute Gasteiger partial charge is 0.472 e. The van der Waals surface area contributed by atoms with E-state index in [1.807, 2.05) is 42.5 Å². The zero-order valence-electron chi connectivity index (χ0n) is 15.8. The van der Waals surface area contributed by atoms with E-state index >= 15 is 0 Å². The first-order chi connectivity index (χ1) is 13.3. The molecule has 0 radical (unpaired) electrons. The summed E-state index contributed by atoms with van der Waals surface area (Å²) in [6.07, 6.45) is 3.03. The van der Waals surface area contributed by atoms with Gasteiger partial charge in [-0.05, 0) is 54.6 Å². The first-order valence-electron chi connectivity index (χ1n) is 9.55. The first kappa shape index (κ1) is 17.7. The number of nitrogens with zero attached hydrogens (tertiary/aromatic N) is 3. The highest BCUT2D eigenvalue weighted by Crippen LogP contribution is 2.20. The van der Waals surface area contributed by atoms with Gasteiger partial charge in [0.25, 0.3) is 0 Å². The van der Waals surface area contributed by atoms with Gasteiger partial charge in [0.15, 0.2) is 0 Å². The molecule has 138 valence electrons. The molecule has 0 N–H and O–H groups in total. The molecule has 0 unspecified atom stereocenters. The van der Waals surface area contributed by atoms with Crippen LogP contribution in [-0.2, 0) is 32.4 Å². The van der Waals surface area contributed by atoms with E-state index in [0.29, 0.717) is 12.5 Å². The van der Waals surface area contributed by atoms with Crippen LogP contribution in [0.1, 0.15) is 27.9 Å². The molecule has 4 nitrogen and oxygen atoms in total. The van der Waals surface area contributed by atoms with Crippen molar-refractivity contribution in [2.24, 2.45) is 0 Å². The molecule has 1 aliphatic heterocycles. The molecule has 0 saturated carbocycles. The van der Waals surface area contributed by atoms with Crippen molar-refractivity contribution in [1.82, 2.24) is 15.1 Å². The number of hydrogen-bond acceptors (Lipinski definition) is 4. The minimum absolute atomic E-state index is 0.513. The Morgan fingerprint density at radius 3 is 2.59 bits per heavy atom. The molecule has 1 aliphatic rings. The van der Waals surface area contributed by atoms with Gasteiger partial charge >= 0.3 is 0 Å². The summed E-state index contributed by atoms with van der Waals surface area (Å²) in [6.45, 7) is 2.72. The Kier molecular flexibility index (Phi) is 5.45. The van der Waals surface area contributed by atoms with Crippen LogP contribution >= 0.6 is 0 Å². The average molecular weight is 359 g/mol. The van der Waals surface area contributed by atoms with E-state index in [2.05, 4.69) is 40.3 Å². The summed E-state index contributed by atoms with van der Waals surface area (Å²) in [7, 11) is 2.18. The second-order valence-electron chi connectivity index (χ2n) is 7.23. The van der Waals surface area contributed by atoms with Gasteiger partial charge in [-0.25, -0.2) is 0 Å². The third-order valence-electron chi connectivity index (χ3n) is 5.07. The van der Waals surface area contributed by atoms with E-state index in [1.54, 1.807) is 0 Å². The van der Waals surface area contributed by atoms with Gasteiger partial charge in [-0.1, -0.05) is 48.5 Å². The maximum Gasteiger partial charge on any atom is 0.233 e. The highest BCUT2D eigenvalue weighted by Gasteiger charge is 2.13. The molecule has 0 atom stereocenters. The molecule has 0 fully saturated rings. The van der Waals surface area contributed by atoms with Crippen molar-refractivity contribution in [3.8, 4) is 5.88 Å². The Morgan fingerprint density at radius 1 is 0.889 bits per heavy atom. The molecule has 2 heterocycles. The second kappa shape index (κ2) is 8.31. The lowest BCUT2D eigenvalue weighted by Crippen LogP contribution is -2.26. The van der Waals surface area contributed by atoms with Gasteiger partial charge in [-0.3, -0.25) is 0 Å². The fourth-order valence-electron chi connectivity index (χ4n) is 3.46. The molecule has 0 spiro atoms. The number of aromatic nitrogens is 2. The zero-order valence-corrected chi connectivity index (χ0v) is 15.8. The number of aryl methyl sites for hydroxylation is 2. The summed E-state index contributed by atoms with van der Waals surface area (Å²) in [5.41, 5.74) is 6.47. The van der Waals surface area contributed by atoms with E-state index in [-0.39, 0.29) is 0 Å². The number of ether oxygens (including phenoxy) is 1. The van der Waals surface area contributed by atoms with Crippen LogP contribution < -0.4 is 4.74 Å². The summed E-state index contributed by atoms with van der Waals surface area (Å²) in [5.74, 6) is 0.570. The molecular weight excluding hydrogens is 334 g/mol. The molecule has 0 saturated heterocycles. The van der Waals surface area contributed by atoms with Crippen LogP contribution in [0.15, 0.2) is 60.7 Å². The molecule has 27 heavy (non-hydrogen) atoms. The maximum absolute atomic E-state index is 5.70. The normalized spacial score (nSPS) is 14.0. The van der Waals surface area contributed by atoms with Crippen molar-refractivity contribution in [2.45, 2.75) is 32.4 Å². The minimum Gasteiger partial charge on any atom is -0.472 e. The summed E-state index contributed by atoms with van der Waals surface area (Å²) in [5, 5.41) is 8.53. The maximum atomic E-state index is 5.70. The fourth-order valence-corrected chi connectivity index (χ4v) is 3.46. The quantitative estimate of drug-likeness (QED) is 0.670. The summed E-state index contributed by atoms with van der Waals surface area (Å²) >= 11 is 0. The Bertz CT molecular complexity index is 878. The van der Waals surface area contributed by atoms with Gasteiger partial charge in [0, 0.05) is 19.2 Å². The number of benzene rings is 2. The highest BCUT2D eigenvalue weighted by molar-refractivity contribution is 5.34. The molecule has 2 aromatic carbocycles. The third kappa shape index (κ3) is 4.72. The molecule has 3 aromatic rings. The number of rotatable bonds is 6. The smallest absolute Gasteiger partial charge is 0.233 e. The predicted octanol–water partition coefficient (Wildman–Crippen LogP) is 3.83. The molecule has 4 heteroatoms. The van der Waals surface area contributed by atoms with Crippen molar-refractivity contribution in [1.29, 1.82) is 0 Å². The van der Waals surface area contributed by atoms with Crippen molar-refractivity contribution in [3.63, 3.8) is 0 Å². The van der Waals surface area contributed by atoms with Gasteiger partial charge in [0.2, 0.25) is 5.88 Å². The average Bonchev–Trinajstić information content (AvgIpc) is 2.72. The molecule has 0 amide bonds. The van der Waals surface area contributed by atoms with Gasteiger partial charge in [-0.2, -0.15) is 5.10 Å². The Labute approximate surface area is 160 Å². The summed E-state index contributed by atoms with van der Waals surface area (Å²) < 4.78 is 5.70. The van der Waals surface area contributed by atoms with Crippen LogP contribution in [0.25, 0.3) is 0 Å². The lowest BCUT2D eigenvalue weighted by atomic mass is 9.96. The number of hydrogen-bond donors (Lipinski definition) is 0. The SMILES string of the molecule is CN1CCc2cc(CCc3ccc(OCc4ccccc4)nn3)ccc2C1. The topological polar surface area (TPSA) is 38.2 Å². The van der Waals surface area contributed by atoms with Crippen LogP contribution in [0.3, 0.4) is 0 Å². The lowest BCUT2D eigenvalue weighted by Gasteiger charge is -2.25. The third-order valence-corrected chi connectivity index (χ3v) is 5.07. The van der Waals surface area contributed by atoms with Gasteiger partial charge in [0.1, 0.15) is 6.61 Å². The molecule has 0 aliphatic carbocycles. The molecule has 1 aromatic heterocycles. The van der Waals surface area contributed by atoms with Crippen molar-refractivity contribution >= 4 is 0 Å². The Balaban J connectivity index is 1.31. The Morgan fingerprint density at radius 2 is 1.78 bits per heavy atom. The Hall–Kier alpha value is -2.72.